The summed E-state index contributed by atoms with van der Waals surface area (Å²) in [5, 5.41) is 3.17. The van der Waals surface area contributed by atoms with Crippen LogP contribution >= 0.6 is 11.3 Å². The van der Waals surface area contributed by atoms with E-state index in [1.807, 2.05) is 19.9 Å². The molecule has 2 rings (SSSR count). The lowest BCUT2D eigenvalue weighted by Crippen LogP contribution is -2.12. The number of nitrogens with zero attached hydrogens (tertiary/aromatic N) is 1. The van der Waals surface area contributed by atoms with Crippen LogP contribution in [0.15, 0.2) is 34.8 Å². The van der Waals surface area contributed by atoms with Gasteiger partial charge in [-0.15, -0.1) is 11.3 Å². The minimum Gasteiger partial charge on any atom is -0.312 e. The molecule has 0 fully saturated rings. The Hall–Kier alpha value is -1.44. The normalized spacial score (nSPS) is 11.5. The predicted octanol–water partition coefficient (Wildman–Crippen LogP) is 2.36. The molecule has 2 aromatic rings. The van der Waals surface area contributed by atoms with Crippen molar-refractivity contribution in [2.45, 2.75) is 24.6 Å². The summed E-state index contributed by atoms with van der Waals surface area (Å²) in [6.45, 7) is 5.39. The molecule has 0 spiro atoms. The minimum atomic E-state index is -3.54. The van der Waals surface area contributed by atoms with Crippen molar-refractivity contribution in [3.05, 3.63) is 41.0 Å². The molecule has 0 aliphatic rings. The Kier molecular flexibility index (Phi) is 4.74. The molecule has 0 aliphatic heterocycles. The number of hydrogen-bond donors (Lipinski definition) is 2. The zero-order valence-corrected chi connectivity index (χ0v) is 13.0. The molecular formula is C13H17N3O2S2. The predicted molar refractivity (Wildman–Crippen MR) is 81.5 cm³/mol. The topological polar surface area (TPSA) is 71.1 Å². The van der Waals surface area contributed by atoms with E-state index in [4.69, 9.17) is 0 Å². The highest BCUT2D eigenvalue weighted by Gasteiger charge is 2.17. The molecule has 7 heteroatoms. The molecule has 108 valence electrons. The summed E-state index contributed by atoms with van der Waals surface area (Å²) in [6.07, 6.45) is 3.15. The molecule has 0 bridgehead atoms. The van der Waals surface area contributed by atoms with E-state index in [0.717, 1.165) is 17.0 Å². The van der Waals surface area contributed by atoms with Gasteiger partial charge in [0.1, 0.15) is 4.21 Å². The van der Waals surface area contributed by atoms with Crippen LogP contribution in [0.3, 0.4) is 0 Å². The van der Waals surface area contributed by atoms with Crippen molar-refractivity contribution in [3.8, 4) is 0 Å². The molecule has 2 heterocycles. The van der Waals surface area contributed by atoms with Crippen molar-refractivity contribution in [1.82, 2.24) is 10.3 Å². The Bertz CT molecular complexity index is 680. The van der Waals surface area contributed by atoms with Gasteiger partial charge in [-0.05, 0) is 37.2 Å². The molecule has 0 aromatic carbocycles. The van der Waals surface area contributed by atoms with Crippen molar-refractivity contribution >= 4 is 27.0 Å². The van der Waals surface area contributed by atoms with Gasteiger partial charge in [0.25, 0.3) is 10.0 Å². The van der Waals surface area contributed by atoms with Crippen LogP contribution in [0.25, 0.3) is 0 Å². The Morgan fingerprint density at radius 3 is 2.80 bits per heavy atom. The first-order valence-corrected chi connectivity index (χ1v) is 8.56. The molecule has 0 atom stereocenters. The standard InChI is InChI=1S/C13H17N3O2S2/c1-3-14-8-11-4-5-13(19-11)20(17,18)16-12-9-15-7-6-10(12)2/h4-7,9,14,16H,3,8H2,1-2H3. The summed E-state index contributed by atoms with van der Waals surface area (Å²) in [6, 6.07) is 5.23. The second kappa shape index (κ2) is 6.34. The van der Waals surface area contributed by atoms with E-state index in [2.05, 4.69) is 15.0 Å². The summed E-state index contributed by atoms with van der Waals surface area (Å²) >= 11 is 1.27. The van der Waals surface area contributed by atoms with Crippen LogP contribution in [0.4, 0.5) is 5.69 Å². The number of anilines is 1. The second-order valence-corrected chi connectivity index (χ2v) is 7.37. The molecule has 0 unspecified atom stereocenters. The number of hydrogen-bond acceptors (Lipinski definition) is 5. The smallest absolute Gasteiger partial charge is 0.271 e. The average molecular weight is 311 g/mol. The van der Waals surface area contributed by atoms with E-state index in [1.165, 1.54) is 17.5 Å². The van der Waals surface area contributed by atoms with Crippen LogP contribution in [0.2, 0.25) is 0 Å². The first-order chi connectivity index (χ1) is 9.53. The van der Waals surface area contributed by atoms with Crippen molar-refractivity contribution < 1.29 is 8.42 Å². The highest BCUT2D eigenvalue weighted by atomic mass is 32.2. The zero-order chi connectivity index (χ0) is 14.6. The number of sulfonamides is 1. The van der Waals surface area contributed by atoms with Gasteiger partial charge in [0.2, 0.25) is 0 Å². The molecule has 0 saturated carbocycles. The third kappa shape index (κ3) is 3.56. The monoisotopic (exact) mass is 311 g/mol. The first-order valence-electron chi connectivity index (χ1n) is 6.26. The molecule has 0 radical (unpaired) electrons. The molecule has 5 nitrogen and oxygen atoms in total. The molecule has 0 aliphatic carbocycles. The van der Waals surface area contributed by atoms with Crippen LogP contribution < -0.4 is 10.0 Å². The van der Waals surface area contributed by atoms with Gasteiger partial charge in [-0.25, -0.2) is 8.42 Å². The molecule has 0 amide bonds. The number of rotatable bonds is 6. The maximum atomic E-state index is 12.3. The van der Waals surface area contributed by atoms with E-state index in [0.29, 0.717) is 16.4 Å². The Morgan fingerprint density at radius 2 is 2.10 bits per heavy atom. The molecule has 2 N–H and O–H groups in total. The van der Waals surface area contributed by atoms with Crippen LogP contribution in [-0.4, -0.2) is 19.9 Å². The van der Waals surface area contributed by atoms with E-state index < -0.39 is 10.0 Å². The largest absolute Gasteiger partial charge is 0.312 e. The SMILES string of the molecule is CCNCc1ccc(S(=O)(=O)Nc2cnccc2C)s1. The van der Waals surface area contributed by atoms with E-state index in [1.54, 1.807) is 18.3 Å². The minimum absolute atomic E-state index is 0.314. The summed E-state index contributed by atoms with van der Waals surface area (Å²) in [5.74, 6) is 0. The van der Waals surface area contributed by atoms with Gasteiger partial charge in [0.15, 0.2) is 0 Å². The fraction of sp³-hybridized carbons (Fsp3) is 0.308. The lowest BCUT2D eigenvalue weighted by Gasteiger charge is -2.08. The molecule has 2 aromatic heterocycles. The number of nitrogens with one attached hydrogen (secondary N) is 2. The third-order valence-corrected chi connectivity index (χ3v) is 5.68. The number of aryl methyl sites for hydroxylation is 1. The first kappa shape index (κ1) is 15.0. The maximum Gasteiger partial charge on any atom is 0.271 e. The second-order valence-electron chi connectivity index (χ2n) is 4.30. The van der Waals surface area contributed by atoms with Crippen molar-refractivity contribution in [3.63, 3.8) is 0 Å². The summed E-state index contributed by atoms with van der Waals surface area (Å²) in [4.78, 5) is 4.93. The van der Waals surface area contributed by atoms with Gasteiger partial charge in [0, 0.05) is 17.6 Å². The van der Waals surface area contributed by atoms with E-state index in [9.17, 15) is 8.42 Å². The fourth-order valence-electron chi connectivity index (χ4n) is 1.61. The molecule has 20 heavy (non-hydrogen) atoms. The van der Waals surface area contributed by atoms with Crippen LogP contribution in [0.1, 0.15) is 17.4 Å². The van der Waals surface area contributed by atoms with Crippen molar-refractivity contribution in [2.24, 2.45) is 0 Å². The van der Waals surface area contributed by atoms with Gasteiger partial charge < -0.3 is 5.32 Å². The van der Waals surface area contributed by atoms with Gasteiger partial charge in [-0.2, -0.15) is 0 Å². The maximum absolute atomic E-state index is 12.3. The lowest BCUT2D eigenvalue weighted by molar-refractivity contribution is 0.603. The molecule has 0 saturated heterocycles. The highest BCUT2D eigenvalue weighted by Crippen LogP contribution is 2.24. The van der Waals surface area contributed by atoms with Gasteiger partial charge in [-0.3, -0.25) is 9.71 Å². The number of aromatic nitrogens is 1. The van der Waals surface area contributed by atoms with Gasteiger partial charge >= 0.3 is 0 Å². The summed E-state index contributed by atoms with van der Waals surface area (Å²) in [7, 11) is -3.54. The van der Waals surface area contributed by atoms with Crippen LogP contribution in [-0.2, 0) is 16.6 Å². The summed E-state index contributed by atoms with van der Waals surface area (Å²) < 4.78 is 27.5. The molecular weight excluding hydrogens is 294 g/mol. The Balaban J connectivity index is 2.18. The Morgan fingerprint density at radius 1 is 1.30 bits per heavy atom. The number of pyridine rings is 1. The quantitative estimate of drug-likeness (QED) is 0.859. The van der Waals surface area contributed by atoms with E-state index in [-0.39, 0.29) is 0 Å². The van der Waals surface area contributed by atoms with Gasteiger partial charge in [0.05, 0.1) is 11.9 Å². The fourth-order valence-corrected chi connectivity index (χ4v) is 4.05. The Labute approximate surface area is 123 Å². The van der Waals surface area contributed by atoms with Crippen LogP contribution in [0, 0.1) is 6.92 Å². The van der Waals surface area contributed by atoms with Crippen molar-refractivity contribution in [2.75, 3.05) is 11.3 Å². The van der Waals surface area contributed by atoms with Crippen LogP contribution in [0.5, 0.6) is 0 Å². The third-order valence-electron chi connectivity index (χ3n) is 2.73. The zero-order valence-electron chi connectivity index (χ0n) is 11.4. The summed E-state index contributed by atoms with van der Waals surface area (Å²) in [5.41, 5.74) is 1.35. The highest BCUT2D eigenvalue weighted by molar-refractivity contribution is 7.94. The van der Waals surface area contributed by atoms with Gasteiger partial charge in [-0.1, -0.05) is 6.92 Å². The average Bonchev–Trinajstić information content (AvgIpc) is 2.88. The number of thiophene rings is 1. The van der Waals surface area contributed by atoms with E-state index >= 15 is 0 Å². The lowest BCUT2D eigenvalue weighted by atomic mass is 10.3. The van der Waals surface area contributed by atoms with Crippen molar-refractivity contribution in [1.29, 1.82) is 0 Å².